The normalized spacial score (nSPS) is 13.3. The highest BCUT2D eigenvalue weighted by Crippen LogP contribution is 2.31. The third kappa shape index (κ3) is 5.00. The Balaban J connectivity index is 1.45. The molecule has 2 N–H and O–H groups in total. The monoisotopic (exact) mass is 456 g/mol. The van der Waals surface area contributed by atoms with Gasteiger partial charge in [-0.3, -0.25) is 25.0 Å². The molecule has 1 saturated heterocycles. The van der Waals surface area contributed by atoms with E-state index in [0.717, 1.165) is 31.6 Å². The number of thioether (sulfide) groups is 1. The van der Waals surface area contributed by atoms with Gasteiger partial charge in [-0.15, -0.1) is 10.2 Å². The molecule has 1 aliphatic rings. The number of hydrogen-bond acceptors (Lipinski definition) is 6. The Bertz CT molecular complexity index is 1070. The highest BCUT2D eigenvalue weighted by atomic mass is 35.5. The number of nitrogens with zero attached hydrogens (tertiary/aromatic N) is 4. The zero-order valence-corrected chi connectivity index (χ0v) is 18.2. The lowest BCUT2D eigenvalue weighted by atomic mass is 10.2. The first-order valence-electron chi connectivity index (χ1n) is 9.86. The molecule has 0 spiro atoms. The van der Waals surface area contributed by atoms with Gasteiger partial charge in [-0.05, 0) is 37.1 Å². The number of hydrazine groups is 1. The number of rotatable bonds is 6. The van der Waals surface area contributed by atoms with Crippen LogP contribution in [-0.4, -0.2) is 45.4 Å². The number of halogens is 1. The van der Waals surface area contributed by atoms with Gasteiger partial charge >= 0.3 is 0 Å². The molecule has 0 unspecified atom stereocenters. The molecule has 0 aliphatic carbocycles. The summed E-state index contributed by atoms with van der Waals surface area (Å²) < 4.78 is 1.88. The van der Waals surface area contributed by atoms with Gasteiger partial charge in [0.1, 0.15) is 0 Å². The molecule has 160 valence electrons. The molecule has 0 radical (unpaired) electrons. The first kappa shape index (κ1) is 21.2. The topological polar surface area (TPSA) is 92.2 Å². The van der Waals surface area contributed by atoms with Gasteiger partial charge in [0.05, 0.1) is 16.5 Å². The third-order valence-corrected chi connectivity index (χ3v) is 6.03. The molecule has 1 aromatic heterocycles. The Hall–Kier alpha value is -3.04. The van der Waals surface area contributed by atoms with E-state index in [1.165, 1.54) is 11.8 Å². The van der Waals surface area contributed by atoms with E-state index >= 15 is 0 Å². The van der Waals surface area contributed by atoms with Gasteiger partial charge in [0.15, 0.2) is 5.16 Å². The van der Waals surface area contributed by atoms with Crippen LogP contribution >= 0.6 is 23.4 Å². The van der Waals surface area contributed by atoms with E-state index in [4.69, 9.17) is 11.6 Å². The zero-order valence-electron chi connectivity index (χ0n) is 16.6. The largest absolute Gasteiger partial charge is 0.341 e. The summed E-state index contributed by atoms with van der Waals surface area (Å²) >= 11 is 7.67. The van der Waals surface area contributed by atoms with E-state index in [9.17, 15) is 9.59 Å². The van der Waals surface area contributed by atoms with Crippen molar-refractivity contribution in [3.8, 4) is 5.69 Å². The van der Waals surface area contributed by atoms with E-state index in [-0.39, 0.29) is 17.6 Å². The van der Waals surface area contributed by atoms with Crippen molar-refractivity contribution in [3.05, 3.63) is 65.2 Å². The number of anilines is 1. The summed E-state index contributed by atoms with van der Waals surface area (Å²) in [6.45, 7) is 1.80. The van der Waals surface area contributed by atoms with E-state index < -0.39 is 0 Å². The Morgan fingerprint density at radius 2 is 1.68 bits per heavy atom. The van der Waals surface area contributed by atoms with Crippen molar-refractivity contribution in [1.29, 1.82) is 0 Å². The van der Waals surface area contributed by atoms with Gasteiger partial charge in [0, 0.05) is 18.7 Å². The number of carbonyl (C=O) groups is 2. The number of amides is 2. The standard InChI is InChI=1S/C21H21ClN6O2S/c22-16-10-4-5-11-17(16)28-20(27-12-6-7-13-27)25-26-21(28)31-14-18(29)23-24-19(30)15-8-2-1-3-9-15/h1-5,8-11H,6-7,12-14H2,(H,23,29)(H,24,30). The van der Waals surface area contributed by atoms with Crippen molar-refractivity contribution in [2.24, 2.45) is 0 Å². The smallest absolute Gasteiger partial charge is 0.269 e. The van der Waals surface area contributed by atoms with Gasteiger partial charge in [0.25, 0.3) is 5.91 Å². The lowest BCUT2D eigenvalue weighted by Crippen LogP contribution is -2.42. The quantitative estimate of drug-likeness (QED) is 0.437. The average molecular weight is 457 g/mol. The molecule has 0 bridgehead atoms. The van der Waals surface area contributed by atoms with Crippen LogP contribution < -0.4 is 15.8 Å². The summed E-state index contributed by atoms with van der Waals surface area (Å²) in [6.07, 6.45) is 2.20. The van der Waals surface area contributed by atoms with E-state index in [1.807, 2.05) is 34.9 Å². The van der Waals surface area contributed by atoms with Crippen LogP contribution in [0.3, 0.4) is 0 Å². The van der Waals surface area contributed by atoms with Crippen LogP contribution in [0.1, 0.15) is 23.2 Å². The molecule has 0 atom stereocenters. The molecule has 10 heteroatoms. The molecule has 8 nitrogen and oxygen atoms in total. The number of hydrogen-bond donors (Lipinski definition) is 2. The van der Waals surface area contributed by atoms with Crippen LogP contribution in [0.15, 0.2) is 59.8 Å². The molecule has 2 aromatic carbocycles. The van der Waals surface area contributed by atoms with Crippen molar-refractivity contribution in [2.45, 2.75) is 18.0 Å². The molecular weight excluding hydrogens is 436 g/mol. The minimum absolute atomic E-state index is 0.0532. The number of carbonyl (C=O) groups excluding carboxylic acids is 2. The summed E-state index contributed by atoms with van der Waals surface area (Å²) in [7, 11) is 0. The zero-order chi connectivity index (χ0) is 21.6. The Kier molecular flexibility index (Phi) is 6.73. The Morgan fingerprint density at radius 1 is 0.968 bits per heavy atom. The second kappa shape index (κ2) is 9.84. The highest BCUT2D eigenvalue weighted by molar-refractivity contribution is 7.99. The van der Waals surface area contributed by atoms with Crippen LogP contribution in [0, 0.1) is 0 Å². The summed E-state index contributed by atoms with van der Waals surface area (Å²) in [5, 5.41) is 9.80. The minimum Gasteiger partial charge on any atom is -0.341 e. The first-order valence-corrected chi connectivity index (χ1v) is 11.2. The fourth-order valence-corrected chi connectivity index (χ4v) is 4.24. The minimum atomic E-state index is -0.380. The molecule has 3 aromatic rings. The fraction of sp³-hybridized carbons (Fsp3) is 0.238. The summed E-state index contributed by atoms with van der Waals surface area (Å²) in [5.41, 5.74) is 6.07. The van der Waals surface area contributed by atoms with Crippen LogP contribution in [-0.2, 0) is 4.79 Å². The number of para-hydroxylation sites is 1. The van der Waals surface area contributed by atoms with Crippen molar-refractivity contribution in [3.63, 3.8) is 0 Å². The lowest BCUT2D eigenvalue weighted by Gasteiger charge is -2.19. The fourth-order valence-electron chi connectivity index (χ4n) is 3.28. The molecule has 0 saturated carbocycles. The third-order valence-electron chi connectivity index (χ3n) is 4.78. The molecule has 2 amide bonds. The van der Waals surface area contributed by atoms with Crippen LogP contribution in [0.4, 0.5) is 5.95 Å². The van der Waals surface area contributed by atoms with Crippen molar-refractivity contribution >= 4 is 41.1 Å². The van der Waals surface area contributed by atoms with Gasteiger partial charge in [-0.25, -0.2) is 0 Å². The second-order valence-electron chi connectivity index (χ2n) is 6.92. The molecule has 2 heterocycles. The predicted molar refractivity (Wildman–Crippen MR) is 121 cm³/mol. The van der Waals surface area contributed by atoms with Crippen LogP contribution in [0.2, 0.25) is 5.02 Å². The van der Waals surface area contributed by atoms with Crippen molar-refractivity contribution < 1.29 is 9.59 Å². The maximum absolute atomic E-state index is 12.3. The molecular formula is C21H21ClN6O2S. The highest BCUT2D eigenvalue weighted by Gasteiger charge is 2.24. The number of nitrogens with one attached hydrogen (secondary N) is 2. The van der Waals surface area contributed by atoms with E-state index in [1.54, 1.807) is 24.3 Å². The SMILES string of the molecule is O=C(CSc1nnc(N2CCCC2)n1-c1ccccc1Cl)NNC(=O)c1ccccc1. The Morgan fingerprint density at radius 3 is 2.42 bits per heavy atom. The second-order valence-corrected chi connectivity index (χ2v) is 8.27. The van der Waals surface area contributed by atoms with E-state index in [0.29, 0.717) is 21.7 Å². The maximum atomic E-state index is 12.3. The van der Waals surface area contributed by atoms with Crippen molar-refractivity contribution in [1.82, 2.24) is 25.6 Å². The molecule has 31 heavy (non-hydrogen) atoms. The van der Waals surface area contributed by atoms with Gasteiger partial charge in [-0.2, -0.15) is 0 Å². The average Bonchev–Trinajstić information content (AvgIpc) is 3.47. The van der Waals surface area contributed by atoms with Gasteiger partial charge in [0.2, 0.25) is 11.9 Å². The maximum Gasteiger partial charge on any atom is 0.269 e. The van der Waals surface area contributed by atoms with E-state index in [2.05, 4.69) is 25.9 Å². The number of aromatic nitrogens is 3. The first-order chi connectivity index (χ1) is 15.1. The molecule has 4 rings (SSSR count). The molecule has 1 aliphatic heterocycles. The van der Waals surface area contributed by atoms with Crippen LogP contribution in [0.5, 0.6) is 0 Å². The lowest BCUT2D eigenvalue weighted by molar-refractivity contribution is -0.119. The predicted octanol–water partition coefficient (Wildman–Crippen LogP) is 3.07. The summed E-state index contributed by atoms with van der Waals surface area (Å²) in [4.78, 5) is 26.5. The Labute approximate surface area is 189 Å². The van der Waals surface area contributed by atoms with Crippen LogP contribution in [0.25, 0.3) is 5.69 Å². The summed E-state index contributed by atoms with van der Waals surface area (Å²) in [6, 6.07) is 16.1. The van der Waals surface area contributed by atoms with Gasteiger partial charge in [-0.1, -0.05) is 53.7 Å². The van der Waals surface area contributed by atoms with Crippen molar-refractivity contribution in [2.75, 3.05) is 23.7 Å². The van der Waals surface area contributed by atoms with Gasteiger partial charge < -0.3 is 4.90 Å². The molecule has 1 fully saturated rings. The summed E-state index contributed by atoms with van der Waals surface area (Å²) in [5.74, 6) is 0.0311. The number of benzene rings is 2.